The molecule has 0 aliphatic carbocycles. The Morgan fingerprint density at radius 2 is 1.76 bits per heavy atom. The van der Waals surface area contributed by atoms with Crippen molar-refractivity contribution in [2.45, 2.75) is 33.4 Å². The standard InChI is InChI=1S/C20H21N3O2/c1-3-12-23-20(25)17-7-5-4-6-16(17)18(22-23)19(24)21-13-15-10-8-14(2)9-11-15/h4-11H,3,12-13H2,1-2H3,(H,21,24). The van der Waals surface area contributed by atoms with Crippen molar-refractivity contribution in [2.75, 3.05) is 0 Å². The molecule has 0 aliphatic heterocycles. The van der Waals surface area contributed by atoms with E-state index in [1.54, 1.807) is 18.2 Å². The molecule has 128 valence electrons. The molecule has 2 aromatic carbocycles. The number of nitrogens with one attached hydrogen (secondary N) is 1. The second kappa shape index (κ2) is 7.30. The van der Waals surface area contributed by atoms with E-state index in [4.69, 9.17) is 0 Å². The molecule has 0 bridgehead atoms. The first-order valence-corrected chi connectivity index (χ1v) is 8.43. The average molecular weight is 335 g/mol. The maximum atomic E-state index is 12.7. The summed E-state index contributed by atoms with van der Waals surface area (Å²) in [5.74, 6) is -0.276. The Kier molecular flexibility index (Phi) is 4.93. The van der Waals surface area contributed by atoms with Gasteiger partial charge < -0.3 is 5.32 Å². The summed E-state index contributed by atoms with van der Waals surface area (Å²) in [5, 5.41) is 8.31. The molecule has 1 heterocycles. The highest BCUT2D eigenvalue weighted by molar-refractivity contribution is 6.04. The lowest BCUT2D eigenvalue weighted by molar-refractivity contribution is 0.0945. The summed E-state index contributed by atoms with van der Waals surface area (Å²) >= 11 is 0. The van der Waals surface area contributed by atoms with E-state index in [1.807, 2.05) is 44.2 Å². The summed E-state index contributed by atoms with van der Waals surface area (Å²) in [5.41, 5.74) is 2.32. The molecule has 25 heavy (non-hydrogen) atoms. The van der Waals surface area contributed by atoms with Gasteiger partial charge >= 0.3 is 0 Å². The zero-order chi connectivity index (χ0) is 17.8. The lowest BCUT2D eigenvalue weighted by Gasteiger charge is -2.11. The van der Waals surface area contributed by atoms with Gasteiger partial charge in [-0.15, -0.1) is 0 Å². The molecule has 1 aromatic heterocycles. The molecule has 0 fully saturated rings. The van der Waals surface area contributed by atoms with E-state index in [1.165, 1.54) is 10.2 Å². The number of fused-ring (bicyclic) bond motifs is 1. The lowest BCUT2D eigenvalue weighted by Crippen LogP contribution is -2.30. The molecule has 0 spiro atoms. The number of carbonyl (C=O) groups excluding carboxylic acids is 1. The second-order valence-electron chi connectivity index (χ2n) is 6.09. The number of benzene rings is 2. The van der Waals surface area contributed by atoms with Gasteiger partial charge in [0.05, 0.1) is 5.39 Å². The molecule has 0 aliphatic rings. The minimum Gasteiger partial charge on any atom is -0.347 e. The van der Waals surface area contributed by atoms with Crippen molar-refractivity contribution in [1.82, 2.24) is 15.1 Å². The van der Waals surface area contributed by atoms with Gasteiger partial charge in [0.15, 0.2) is 5.69 Å². The van der Waals surface area contributed by atoms with E-state index in [9.17, 15) is 9.59 Å². The highest BCUT2D eigenvalue weighted by Crippen LogP contribution is 2.13. The SMILES string of the molecule is CCCn1nc(C(=O)NCc2ccc(C)cc2)c2ccccc2c1=O. The number of amides is 1. The van der Waals surface area contributed by atoms with E-state index in [-0.39, 0.29) is 17.2 Å². The average Bonchev–Trinajstić information content (AvgIpc) is 2.63. The maximum absolute atomic E-state index is 12.7. The van der Waals surface area contributed by atoms with Crippen LogP contribution in [0.2, 0.25) is 0 Å². The minimum absolute atomic E-state index is 0.160. The predicted molar refractivity (Wildman–Crippen MR) is 98.6 cm³/mol. The van der Waals surface area contributed by atoms with Gasteiger partial charge in [0, 0.05) is 18.5 Å². The van der Waals surface area contributed by atoms with Gasteiger partial charge in [-0.1, -0.05) is 55.0 Å². The largest absolute Gasteiger partial charge is 0.347 e. The maximum Gasteiger partial charge on any atom is 0.274 e. The highest BCUT2D eigenvalue weighted by atomic mass is 16.2. The van der Waals surface area contributed by atoms with Crippen LogP contribution in [0.5, 0.6) is 0 Å². The fraction of sp³-hybridized carbons (Fsp3) is 0.250. The van der Waals surface area contributed by atoms with Crippen LogP contribution < -0.4 is 10.9 Å². The molecule has 0 unspecified atom stereocenters. The van der Waals surface area contributed by atoms with Crippen molar-refractivity contribution in [1.29, 1.82) is 0 Å². The predicted octanol–water partition coefficient (Wildman–Crippen LogP) is 3.04. The molecule has 0 radical (unpaired) electrons. The molecule has 0 atom stereocenters. The van der Waals surface area contributed by atoms with Crippen molar-refractivity contribution < 1.29 is 4.79 Å². The Morgan fingerprint density at radius 1 is 1.08 bits per heavy atom. The topological polar surface area (TPSA) is 64.0 Å². The zero-order valence-corrected chi connectivity index (χ0v) is 14.5. The fourth-order valence-corrected chi connectivity index (χ4v) is 2.74. The molecule has 3 rings (SSSR count). The minimum atomic E-state index is -0.276. The highest BCUT2D eigenvalue weighted by Gasteiger charge is 2.16. The van der Waals surface area contributed by atoms with Crippen LogP contribution in [0.15, 0.2) is 53.3 Å². The molecule has 5 heteroatoms. The van der Waals surface area contributed by atoms with Crippen molar-refractivity contribution >= 4 is 16.7 Å². The number of hydrogen-bond acceptors (Lipinski definition) is 3. The summed E-state index contributed by atoms with van der Waals surface area (Å²) in [6.07, 6.45) is 0.773. The summed E-state index contributed by atoms with van der Waals surface area (Å²) < 4.78 is 1.38. The normalized spacial score (nSPS) is 10.8. The van der Waals surface area contributed by atoms with E-state index in [2.05, 4.69) is 10.4 Å². The first-order valence-electron chi connectivity index (χ1n) is 8.43. The molecular formula is C20H21N3O2. The Hall–Kier alpha value is -2.95. The van der Waals surface area contributed by atoms with Crippen molar-refractivity contribution in [3.8, 4) is 0 Å². The number of carbonyl (C=O) groups is 1. The smallest absolute Gasteiger partial charge is 0.274 e. The Labute approximate surface area is 146 Å². The van der Waals surface area contributed by atoms with Crippen LogP contribution in [-0.4, -0.2) is 15.7 Å². The molecule has 1 N–H and O–H groups in total. The van der Waals surface area contributed by atoms with Gasteiger partial charge in [-0.2, -0.15) is 5.10 Å². The van der Waals surface area contributed by atoms with Gasteiger partial charge in [-0.3, -0.25) is 9.59 Å². The van der Waals surface area contributed by atoms with Crippen molar-refractivity contribution in [2.24, 2.45) is 0 Å². The third-order valence-corrected chi connectivity index (χ3v) is 4.09. The summed E-state index contributed by atoms with van der Waals surface area (Å²) in [6.45, 7) is 4.90. The fourth-order valence-electron chi connectivity index (χ4n) is 2.74. The quantitative estimate of drug-likeness (QED) is 0.779. The van der Waals surface area contributed by atoms with E-state index in [0.717, 1.165) is 12.0 Å². The molecule has 0 saturated carbocycles. The molecular weight excluding hydrogens is 314 g/mol. The second-order valence-corrected chi connectivity index (χ2v) is 6.09. The van der Waals surface area contributed by atoms with Gasteiger partial charge in [0.25, 0.3) is 11.5 Å². The summed E-state index contributed by atoms with van der Waals surface area (Å²) in [7, 11) is 0. The first-order chi connectivity index (χ1) is 12.1. The zero-order valence-electron chi connectivity index (χ0n) is 14.5. The van der Waals surface area contributed by atoms with Gasteiger partial charge in [0.1, 0.15) is 0 Å². The van der Waals surface area contributed by atoms with E-state index >= 15 is 0 Å². The monoisotopic (exact) mass is 335 g/mol. The van der Waals surface area contributed by atoms with Crippen LogP contribution in [0.4, 0.5) is 0 Å². The van der Waals surface area contributed by atoms with E-state index in [0.29, 0.717) is 23.9 Å². The molecule has 5 nitrogen and oxygen atoms in total. The van der Waals surface area contributed by atoms with Crippen LogP contribution in [0.3, 0.4) is 0 Å². The van der Waals surface area contributed by atoms with Crippen LogP contribution in [0.25, 0.3) is 10.8 Å². The third-order valence-electron chi connectivity index (χ3n) is 4.09. The van der Waals surface area contributed by atoms with Gasteiger partial charge in [-0.05, 0) is 25.0 Å². The number of hydrogen-bond donors (Lipinski definition) is 1. The number of aryl methyl sites for hydroxylation is 2. The van der Waals surface area contributed by atoms with Crippen LogP contribution in [0.1, 0.15) is 35.0 Å². The third kappa shape index (κ3) is 3.60. The van der Waals surface area contributed by atoms with Gasteiger partial charge in [-0.25, -0.2) is 4.68 Å². The Bertz CT molecular complexity index is 959. The van der Waals surface area contributed by atoms with Crippen LogP contribution in [-0.2, 0) is 13.1 Å². The Balaban J connectivity index is 1.93. The number of nitrogens with zero attached hydrogens (tertiary/aromatic N) is 2. The number of rotatable bonds is 5. The van der Waals surface area contributed by atoms with Crippen molar-refractivity contribution in [3.63, 3.8) is 0 Å². The number of aromatic nitrogens is 2. The van der Waals surface area contributed by atoms with Crippen LogP contribution in [0, 0.1) is 6.92 Å². The van der Waals surface area contributed by atoms with E-state index < -0.39 is 0 Å². The Morgan fingerprint density at radius 3 is 2.44 bits per heavy atom. The summed E-state index contributed by atoms with van der Waals surface area (Å²) in [4.78, 5) is 25.2. The lowest BCUT2D eigenvalue weighted by atomic mass is 10.1. The molecule has 3 aromatic rings. The molecule has 0 saturated heterocycles. The van der Waals surface area contributed by atoms with Crippen molar-refractivity contribution in [3.05, 3.63) is 75.7 Å². The van der Waals surface area contributed by atoms with Crippen LogP contribution >= 0.6 is 0 Å². The molecule has 1 amide bonds. The van der Waals surface area contributed by atoms with Gasteiger partial charge in [0.2, 0.25) is 0 Å². The summed E-state index contributed by atoms with van der Waals surface area (Å²) in [6, 6.07) is 15.1. The first kappa shape index (κ1) is 16.9.